The van der Waals surface area contributed by atoms with Crippen LogP contribution in [0.2, 0.25) is 0 Å². The van der Waals surface area contributed by atoms with Gasteiger partial charge >= 0.3 is 0 Å². The summed E-state index contributed by atoms with van der Waals surface area (Å²) < 4.78 is 11.0. The largest absolute Gasteiger partial charge is 0.507 e. The molecule has 6 heteroatoms. The van der Waals surface area contributed by atoms with Gasteiger partial charge in [-0.05, 0) is 55.3 Å². The molecule has 3 aromatic rings. The number of aliphatic hydroxyl groups is 1. The van der Waals surface area contributed by atoms with E-state index in [2.05, 4.69) is 0 Å². The van der Waals surface area contributed by atoms with E-state index in [1.54, 1.807) is 36.4 Å². The van der Waals surface area contributed by atoms with Gasteiger partial charge in [-0.3, -0.25) is 9.59 Å². The maximum absolute atomic E-state index is 12.9. The number of hydrogen-bond donors (Lipinski definition) is 1. The molecular formula is C25H23NO5. The third kappa shape index (κ3) is 4.10. The van der Waals surface area contributed by atoms with Crippen molar-refractivity contribution in [2.45, 2.75) is 19.4 Å². The number of likely N-dealkylation sites (tertiary alicyclic amines) is 1. The SMILES string of the molecule is CCOc1ccc(/C(O)=C2\C(=O)C(=O)N(CCc3ccccc3)C2c2ccco2)cc1. The second kappa shape index (κ2) is 8.92. The Bertz CT molecular complexity index is 1080. The highest BCUT2D eigenvalue weighted by Gasteiger charge is 2.47. The molecular weight excluding hydrogens is 394 g/mol. The Balaban J connectivity index is 1.71. The molecule has 6 nitrogen and oxygen atoms in total. The van der Waals surface area contributed by atoms with Gasteiger partial charge in [-0.25, -0.2) is 0 Å². The van der Waals surface area contributed by atoms with Gasteiger partial charge in [-0.15, -0.1) is 0 Å². The monoisotopic (exact) mass is 417 g/mol. The predicted molar refractivity (Wildman–Crippen MR) is 115 cm³/mol. The van der Waals surface area contributed by atoms with Gasteiger partial charge in [0.15, 0.2) is 0 Å². The van der Waals surface area contributed by atoms with Crippen molar-refractivity contribution in [2.75, 3.05) is 13.2 Å². The Hall–Kier alpha value is -3.80. The van der Waals surface area contributed by atoms with Crippen molar-refractivity contribution in [2.24, 2.45) is 0 Å². The molecule has 0 aliphatic carbocycles. The zero-order chi connectivity index (χ0) is 21.8. The van der Waals surface area contributed by atoms with Crippen LogP contribution in [0.4, 0.5) is 0 Å². The van der Waals surface area contributed by atoms with Gasteiger partial charge in [-0.2, -0.15) is 0 Å². The minimum Gasteiger partial charge on any atom is -0.507 e. The lowest BCUT2D eigenvalue weighted by Gasteiger charge is -2.23. The maximum atomic E-state index is 12.9. The Morgan fingerprint density at radius 1 is 1.03 bits per heavy atom. The molecule has 0 bridgehead atoms. The molecule has 1 aromatic heterocycles. The van der Waals surface area contributed by atoms with Crippen LogP contribution in [0, 0.1) is 0 Å². The minimum absolute atomic E-state index is 0.0252. The van der Waals surface area contributed by atoms with Crippen LogP contribution in [0.5, 0.6) is 5.75 Å². The van der Waals surface area contributed by atoms with E-state index in [9.17, 15) is 14.7 Å². The number of nitrogens with zero attached hydrogens (tertiary/aromatic N) is 1. The summed E-state index contributed by atoms with van der Waals surface area (Å²) in [7, 11) is 0. The van der Waals surface area contributed by atoms with Crippen molar-refractivity contribution in [3.8, 4) is 5.75 Å². The normalized spacial score (nSPS) is 17.8. The highest BCUT2D eigenvalue weighted by molar-refractivity contribution is 6.46. The first-order valence-electron chi connectivity index (χ1n) is 10.2. The van der Waals surface area contributed by atoms with Gasteiger partial charge in [0.05, 0.1) is 18.4 Å². The first-order valence-corrected chi connectivity index (χ1v) is 10.2. The van der Waals surface area contributed by atoms with Crippen LogP contribution in [0.3, 0.4) is 0 Å². The van der Waals surface area contributed by atoms with Crippen molar-refractivity contribution in [3.63, 3.8) is 0 Å². The van der Waals surface area contributed by atoms with Crippen LogP contribution in [-0.2, 0) is 16.0 Å². The number of ketones is 1. The molecule has 1 aliphatic heterocycles. The highest BCUT2D eigenvalue weighted by Crippen LogP contribution is 2.39. The number of rotatable bonds is 7. The molecule has 1 unspecified atom stereocenters. The lowest BCUT2D eigenvalue weighted by atomic mass is 9.99. The molecule has 158 valence electrons. The average molecular weight is 417 g/mol. The van der Waals surface area contributed by atoms with Crippen LogP contribution in [0.1, 0.15) is 29.9 Å². The van der Waals surface area contributed by atoms with Gasteiger partial charge in [0, 0.05) is 12.1 Å². The second-order valence-electron chi connectivity index (χ2n) is 7.20. The highest BCUT2D eigenvalue weighted by atomic mass is 16.5. The number of carbonyl (C=O) groups is 2. The standard InChI is InChI=1S/C25H23NO5/c1-2-30-19-12-10-18(11-13-19)23(27)21-22(20-9-6-16-31-20)26(25(29)24(21)28)15-14-17-7-4-3-5-8-17/h3-13,16,22,27H,2,14-15H2,1H3/b23-21+. The second-order valence-corrected chi connectivity index (χ2v) is 7.20. The smallest absolute Gasteiger partial charge is 0.295 e. The van der Waals surface area contributed by atoms with Gasteiger partial charge < -0.3 is 19.2 Å². The van der Waals surface area contributed by atoms with E-state index >= 15 is 0 Å². The zero-order valence-corrected chi connectivity index (χ0v) is 17.2. The number of Topliss-reactive ketones (excluding diaryl/α,β-unsaturated/α-hetero) is 1. The average Bonchev–Trinajstić information content (AvgIpc) is 3.41. The van der Waals surface area contributed by atoms with Gasteiger partial charge in [-0.1, -0.05) is 30.3 Å². The molecule has 0 radical (unpaired) electrons. The molecule has 1 aliphatic rings. The molecule has 2 aromatic carbocycles. The summed E-state index contributed by atoms with van der Waals surface area (Å²) in [5.41, 5.74) is 1.51. The number of furan rings is 1. The van der Waals surface area contributed by atoms with E-state index in [4.69, 9.17) is 9.15 Å². The number of amides is 1. The molecule has 31 heavy (non-hydrogen) atoms. The topological polar surface area (TPSA) is 80.0 Å². The summed E-state index contributed by atoms with van der Waals surface area (Å²) in [4.78, 5) is 27.3. The third-order valence-corrected chi connectivity index (χ3v) is 5.28. The fraction of sp³-hybridized carbons (Fsp3) is 0.200. The van der Waals surface area contributed by atoms with E-state index in [-0.39, 0.29) is 11.3 Å². The van der Waals surface area contributed by atoms with E-state index < -0.39 is 17.7 Å². The number of aliphatic hydroxyl groups excluding tert-OH is 1. The van der Waals surface area contributed by atoms with E-state index in [0.717, 1.165) is 5.56 Å². The fourth-order valence-corrected chi connectivity index (χ4v) is 3.78. The van der Waals surface area contributed by atoms with Gasteiger partial charge in [0.2, 0.25) is 0 Å². The van der Waals surface area contributed by atoms with Crippen LogP contribution in [0.25, 0.3) is 5.76 Å². The van der Waals surface area contributed by atoms with Crippen LogP contribution in [-0.4, -0.2) is 34.8 Å². The first kappa shape index (κ1) is 20.5. The van der Waals surface area contributed by atoms with E-state index in [0.29, 0.717) is 36.6 Å². The lowest BCUT2D eigenvalue weighted by molar-refractivity contribution is -0.140. The molecule has 1 saturated heterocycles. The number of carbonyl (C=O) groups excluding carboxylic acids is 2. The number of hydrogen-bond acceptors (Lipinski definition) is 5. The molecule has 2 heterocycles. The molecule has 1 N–H and O–H groups in total. The molecule has 0 saturated carbocycles. The van der Waals surface area contributed by atoms with Crippen molar-refractivity contribution in [1.82, 2.24) is 4.90 Å². The van der Waals surface area contributed by atoms with Crippen molar-refractivity contribution in [3.05, 3.63) is 95.5 Å². The van der Waals surface area contributed by atoms with Crippen molar-refractivity contribution >= 4 is 17.4 Å². The summed E-state index contributed by atoms with van der Waals surface area (Å²) in [6.45, 7) is 2.73. The summed E-state index contributed by atoms with van der Waals surface area (Å²) in [5, 5.41) is 11.0. The summed E-state index contributed by atoms with van der Waals surface area (Å²) in [5.74, 6) is -0.514. The predicted octanol–water partition coefficient (Wildman–Crippen LogP) is 4.34. The van der Waals surface area contributed by atoms with Crippen LogP contribution >= 0.6 is 0 Å². The Kier molecular flexibility index (Phi) is 5.89. The molecule has 1 fully saturated rings. The van der Waals surface area contributed by atoms with Gasteiger partial charge in [0.1, 0.15) is 23.3 Å². The van der Waals surface area contributed by atoms with Crippen LogP contribution in [0.15, 0.2) is 83.0 Å². The number of benzene rings is 2. The van der Waals surface area contributed by atoms with E-state index in [1.165, 1.54) is 11.2 Å². The Morgan fingerprint density at radius 2 is 1.77 bits per heavy atom. The first-order chi connectivity index (χ1) is 15.1. The minimum atomic E-state index is -0.787. The number of ether oxygens (including phenoxy) is 1. The fourth-order valence-electron chi connectivity index (χ4n) is 3.78. The van der Waals surface area contributed by atoms with Crippen molar-refractivity contribution in [1.29, 1.82) is 0 Å². The molecule has 4 rings (SSSR count). The molecule has 1 amide bonds. The Morgan fingerprint density at radius 3 is 2.42 bits per heavy atom. The maximum Gasteiger partial charge on any atom is 0.295 e. The zero-order valence-electron chi connectivity index (χ0n) is 17.2. The summed E-state index contributed by atoms with van der Waals surface area (Å²) in [6, 6.07) is 19.1. The Labute approximate surface area is 180 Å². The quantitative estimate of drug-likeness (QED) is 0.351. The summed E-state index contributed by atoms with van der Waals surface area (Å²) >= 11 is 0. The lowest BCUT2D eigenvalue weighted by Crippen LogP contribution is -2.31. The van der Waals surface area contributed by atoms with Crippen molar-refractivity contribution < 1.29 is 23.8 Å². The van der Waals surface area contributed by atoms with E-state index in [1.807, 2.05) is 37.3 Å². The summed E-state index contributed by atoms with van der Waals surface area (Å²) in [6.07, 6.45) is 2.07. The molecule has 1 atom stereocenters. The third-order valence-electron chi connectivity index (χ3n) is 5.28. The van der Waals surface area contributed by atoms with Gasteiger partial charge in [0.25, 0.3) is 11.7 Å². The molecule has 0 spiro atoms. The van der Waals surface area contributed by atoms with Crippen LogP contribution < -0.4 is 4.74 Å².